The quantitative estimate of drug-likeness (QED) is 0.862. The molecule has 0 radical (unpaired) electrons. The molecule has 0 amide bonds. The lowest BCUT2D eigenvalue weighted by Gasteiger charge is -2.60. The van der Waals surface area contributed by atoms with Crippen LogP contribution in [0.3, 0.4) is 0 Å². The lowest BCUT2D eigenvalue weighted by atomic mass is 9.51. The van der Waals surface area contributed by atoms with Gasteiger partial charge in [0.15, 0.2) is 0 Å². The van der Waals surface area contributed by atoms with E-state index in [4.69, 9.17) is 0 Å². The normalized spacial score (nSPS) is 35.9. The Kier molecular flexibility index (Phi) is 3.55. The Hall–Kier alpha value is -1.64. The summed E-state index contributed by atoms with van der Waals surface area (Å²) in [5, 5.41) is 14.8. The predicted molar refractivity (Wildman–Crippen MR) is 101 cm³/mol. The van der Waals surface area contributed by atoms with Crippen molar-refractivity contribution in [1.82, 2.24) is 5.32 Å². The molecule has 4 bridgehead atoms. The molecule has 25 heavy (non-hydrogen) atoms. The van der Waals surface area contributed by atoms with Crippen molar-refractivity contribution in [2.75, 3.05) is 0 Å². The first-order valence-electron chi connectivity index (χ1n) is 9.73. The first-order valence-corrected chi connectivity index (χ1v) is 9.73. The van der Waals surface area contributed by atoms with E-state index in [1.54, 1.807) is 0 Å². The molecular formula is C23H27NO. The molecule has 2 nitrogen and oxygen atoms in total. The minimum absolute atomic E-state index is 0.178. The molecule has 2 heteroatoms. The summed E-state index contributed by atoms with van der Waals surface area (Å²) in [6, 6.07) is 19.5. The van der Waals surface area contributed by atoms with Gasteiger partial charge in [0, 0.05) is 12.1 Å². The molecule has 2 aromatic carbocycles. The van der Waals surface area contributed by atoms with Gasteiger partial charge in [0.2, 0.25) is 0 Å². The molecule has 2 unspecified atom stereocenters. The molecule has 4 aliphatic rings. The van der Waals surface area contributed by atoms with E-state index < -0.39 is 0 Å². The van der Waals surface area contributed by atoms with Crippen LogP contribution in [0.25, 0.3) is 11.1 Å². The van der Waals surface area contributed by atoms with Crippen molar-refractivity contribution in [2.24, 2.45) is 11.8 Å². The Labute approximate surface area is 150 Å². The van der Waals surface area contributed by atoms with Crippen LogP contribution in [0, 0.1) is 11.8 Å². The van der Waals surface area contributed by atoms with Gasteiger partial charge in [-0.15, -0.1) is 0 Å². The minimum Gasteiger partial charge on any atom is -0.390 e. The third-order valence-electron chi connectivity index (χ3n) is 6.76. The fourth-order valence-electron chi connectivity index (χ4n) is 6.16. The highest BCUT2D eigenvalue weighted by atomic mass is 16.3. The highest BCUT2D eigenvalue weighted by Gasteiger charge is 2.56. The van der Waals surface area contributed by atoms with Crippen LogP contribution in [0.5, 0.6) is 0 Å². The molecule has 0 aliphatic heterocycles. The molecule has 4 saturated carbocycles. The van der Waals surface area contributed by atoms with Gasteiger partial charge < -0.3 is 10.4 Å². The van der Waals surface area contributed by atoms with E-state index in [2.05, 4.69) is 59.9 Å². The zero-order chi connectivity index (χ0) is 16.9. The Morgan fingerprint density at radius 1 is 0.840 bits per heavy atom. The SMILES string of the molecule is OC12C[C@H]3C[C@@H](C1)CC(NCc1ccc(-c4ccccc4)cc1)(C3)C2. The van der Waals surface area contributed by atoms with Crippen LogP contribution in [0.1, 0.15) is 44.1 Å². The molecule has 4 fully saturated rings. The van der Waals surface area contributed by atoms with E-state index in [0.29, 0.717) is 0 Å². The summed E-state index contributed by atoms with van der Waals surface area (Å²) >= 11 is 0. The number of nitrogens with one attached hydrogen (secondary N) is 1. The average molecular weight is 333 g/mol. The van der Waals surface area contributed by atoms with E-state index in [1.165, 1.54) is 36.0 Å². The molecule has 2 aromatic rings. The topological polar surface area (TPSA) is 32.3 Å². The summed E-state index contributed by atoms with van der Waals surface area (Å²) < 4.78 is 0. The largest absolute Gasteiger partial charge is 0.390 e. The van der Waals surface area contributed by atoms with Crippen molar-refractivity contribution in [3.63, 3.8) is 0 Å². The van der Waals surface area contributed by atoms with Crippen molar-refractivity contribution in [3.05, 3.63) is 60.2 Å². The van der Waals surface area contributed by atoms with Gasteiger partial charge in [-0.2, -0.15) is 0 Å². The second-order valence-corrected chi connectivity index (χ2v) is 8.88. The summed E-state index contributed by atoms with van der Waals surface area (Å²) in [6.45, 7) is 0.907. The molecular weight excluding hydrogens is 306 g/mol. The molecule has 6 rings (SSSR count). The minimum atomic E-state index is -0.381. The van der Waals surface area contributed by atoms with Crippen LogP contribution in [0.15, 0.2) is 54.6 Å². The summed E-state index contributed by atoms with van der Waals surface area (Å²) in [6.07, 6.45) is 6.89. The predicted octanol–water partition coefficient (Wildman–Crippen LogP) is 4.53. The molecule has 130 valence electrons. The Morgan fingerprint density at radius 3 is 2.12 bits per heavy atom. The van der Waals surface area contributed by atoms with Crippen LogP contribution < -0.4 is 5.32 Å². The second-order valence-electron chi connectivity index (χ2n) is 8.88. The Morgan fingerprint density at radius 2 is 1.48 bits per heavy atom. The van der Waals surface area contributed by atoms with Gasteiger partial charge in [0.25, 0.3) is 0 Å². The van der Waals surface area contributed by atoms with Crippen molar-refractivity contribution in [1.29, 1.82) is 0 Å². The lowest BCUT2D eigenvalue weighted by molar-refractivity contribution is -0.142. The zero-order valence-electron chi connectivity index (χ0n) is 14.7. The zero-order valence-corrected chi connectivity index (χ0v) is 14.7. The maximum absolute atomic E-state index is 10.9. The number of rotatable bonds is 4. The van der Waals surface area contributed by atoms with E-state index >= 15 is 0 Å². The first kappa shape index (κ1) is 15.6. The number of hydrogen-bond donors (Lipinski definition) is 2. The number of aliphatic hydroxyl groups is 1. The van der Waals surface area contributed by atoms with Gasteiger partial charge in [0.1, 0.15) is 0 Å². The molecule has 2 N–H and O–H groups in total. The maximum atomic E-state index is 10.9. The van der Waals surface area contributed by atoms with E-state index in [9.17, 15) is 5.11 Å². The van der Waals surface area contributed by atoms with Crippen molar-refractivity contribution < 1.29 is 5.11 Å². The van der Waals surface area contributed by atoms with Crippen LogP contribution in [-0.2, 0) is 6.54 Å². The molecule has 0 saturated heterocycles. The van der Waals surface area contributed by atoms with Crippen LogP contribution in [0.2, 0.25) is 0 Å². The highest BCUT2D eigenvalue weighted by molar-refractivity contribution is 5.63. The van der Waals surface area contributed by atoms with Gasteiger partial charge in [-0.05, 0) is 67.1 Å². The summed E-state index contributed by atoms with van der Waals surface area (Å²) in [5.41, 5.74) is 3.67. The molecule has 0 aromatic heterocycles. The van der Waals surface area contributed by atoms with Crippen LogP contribution >= 0.6 is 0 Å². The van der Waals surface area contributed by atoms with Crippen molar-refractivity contribution in [2.45, 2.75) is 56.2 Å². The number of benzene rings is 2. The van der Waals surface area contributed by atoms with Gasteiger partial charge in [0.05, 0.1) is 5.60 Å². The summed E-state index contributed by atoms with van der Waals surface area (Å²) in [4.78, 5) is 0. The lowest BCUT2D eigenvalue weighted by Crippen LogP contribution is -2.64. The molecule has 0 heterocycles. The fourth-order valence-corrected chi connectivity index (χ4v) is 6.16. The monoisotopic (exact) mass is 333 g/mol. The Bertz CT molecular complexity index is 737. The Balaban J connectivity index is 1.29. The third-order valence-corrected chi connectivity index (χ3v) is 6.76. The van der Waals surface area contributed by atoms with Crippen LogP contribution in [-0.4, -0.2) is 16.2 Å². The fraction of sp³-hybridized carbons (Fsp3) is 0.478. The molecule has 0 spiro atoms. The smallest absolute Gasteiger partial charge is 0.0670 e. The third kappa shape index (κ3) is 2.92. The van der Waals surface area contributed by atoms with Gasteiger partial charge in [-0.3, -0.25) is 0 Å². The van der Waals surface area contributed by atoms with Crippen LogP contribution in [0.4, 0.5) is 0 Å². The first-order chi connectivity index (χ1) is 12.1. The molecule has 4 aliphatic carbocycles. The molecule has 4 atom stereocenters. The van der Waals surface area contributed by atoms with Crippen molar-refractivity contribution >= 4 is 0 Å². The second kappa shape index (κ2) is 5.69. The summed E-state index contributed by atoms with van der Waals surface area (Å²) in [5.74, 6) is 1.47. The van der Waals surface area contributed by atoms with Crippen molar-refractivity contribution in [3.8, 4) is 11.1 Å². The van der Waals surface area contributed by atoms with E-state index in [1.807, 2.05) is 0 Å². The van der Waals surface area contributed by atoms with Gasteiger partial charge in [-0.1, -0.05) is 54.6 Å². The summed E-state index contributed by atoms with van der Waals surface area (Å²) in [7, 11) is 0. The van der Waals surface area contributed by atoms with E-state index in [0.717, 1.165) is 37.6 Å². The average Bonchev–Trinajstić information content (AvgIpc) is 2.59. The number of hydrogen-bond acceptors (Lipinski definition) is 2. The highest BCUT2D eigenvalue weighted by Crippen LogP contribution is 2.57. The standard InChI is InChI=1S/C23H27NO/c25-23-13-18-10-19(14-23)12-22(11-18,16-23)24-15-17-6-8-21(9-7-17)20-4-2-1-3-5-20/h1-9,18-19,24-25H,10-16H2/t18-,19+,22?,23?. The van der Waals surface area contributed by atoms with Gasteiger partial charge in [-0.25, -0.2) is 0 Å². The van der Waals surface area contributed by atoms with Gasteiger partial charge >= 0.3 is 0 Å². The maximum Gasteiger partial charge on any atom is 0.0670 e. The van der Waals surface area contributed by atoms with E-state index in [-0.39, 0.29) is 11.1 Å².